The molecule has 0 saturated carbocycles. The minimum atomic E-state index is -0.287. The number of hydrogen-bond donors (Lipinski definition) is 3. The Kier molecular flexibility index (Phi) is 6.14. The van der Waals surface area contributed by atoms with Crippen molar-refractivity contribution in [1.29, 1.82) is 0 Å². The van der Waals surface area contributed by atoms with Crippen molar-refractivity contribution in [3.63, 3.8) is 0 Å². The van der Waals surface area contributed by atoms with Gasteiger partial charge in [0, 0.05) is 17.3 Å². The SMILES string of the molecule is Cc1ncc(CO)c(CO)c1O.[O]Cl. The fourth-order valence-electron chi connectivity index (χ4n) is 0.997. The maximum Gasteiger partial charge on any atom is 0.142 e. The van der Waals surface area contributed by atoms with Crippen molar-refractivity contribution in [2.75, 3.05) is 0 Å². The van der Waals surface area contributed by atoms with Gasteiger partial charge in [-0.25, -0.2) is 0 Å². The van der Waals surface area contributed by atoms with Gasteiger partial charge in [0.2, 0.25) is 0 Å². The molecule has 1 rings (SSSR count). The van der Waals surface area contributed by atoms with E-state index in [0.717, 1.165) is 0 Å². The Balaban J connectivity index is 0.000000791. The molecule has 1 aromatic rings. The van der Waals surface area contributed by atoms with Crippen molar-refractivity contribution >= 4 is 11.9 Å². The molecule has 0 unspecified atom stereocenters. The molecule has 0 atom stereocenters. The summed E-state index contributed by atoms with van der Waals surface area (Å²) in [5.41, 5.74) is 1.27. The van der Waals surface area contributed by atoms with Gasteiger partial charge in [0.15, 0.2) is 0 Å². The summed E-state index contributed by atoms with van der Waals surface area (Å²) in [5.74, 6) is -0.0379. The topological polar surface area (TPSA) is 93.5 Å². The first-order valence-corrected chi connectivity index (χ1v) is 4.05. The summed E-state index contributed by atoms with van der Waals surface area (Å²) in [5, 5.41) is 27.0. The maximum absolute atomic E-state index is 9.38. The summed E-state index contributed by atoms with van der Waals surface area (Å²) < 4.78 is 7.72. The van der Waals surface area contributed by atoms with E-state index in [9.17, 15) is 5.11 Å². The van der Waals surface area contributed by atoms with Gasteiger partial charge in [0.05, 0.1) is 18.9 Å². The molecule has 1 aromatic heterocycles. The third kappa shape index (κ3) is 2.81. The summed E-state index contributed by atoms with van der Waals surface area (Å²) in [4.78, 5) is 3.84. The highest BCUT2D eigenvalue weighted by molar-refractivity contribution is 6.04. The van der Waals surface area contributed by atoms with E-state index < -0.39 is 0 Å². The fourth-order valence-corrected chi connectivity index (χ4v) is 0.997. The molecular formula is C8H11ClNO4. The van der Waals surface area contributed by atoms with E-state index >= 15 is 0 Å². The molecule has 6 heteroatoms. The Morgan fingerprint density at radius 2 is 1.93 bits per heavy atom. The molecule has 1 radical (unpaired) electrons. The molecular weight excluding hydrogens is 210 g/mol. The van der Waals surface area contributed by atoms with Crippen LogP contribution in [-0.4, -0.2) is 20.3 Å². The molecule has 0 aliphatic heterocycles. The van der Waals surface area contributed by atoms with Crippen LogP contribution < -0.4 is 0 Å². The highest BCUT2D eigenvalue weighted by Gasteiger charge is 2.09. The summed E-state index contributed by atoms with van der Waals surface area (Å²) in [6, 6.07) is 0. The van der Waals surface area contributed by atoms with Gasteiger partial charge in [0.1, 0.15) is 17.6 Å². The van der Waals surface area contributed by atoms with Crippen LogP contribution in [0.3, 0.4) is 0 Å². The second-order valence-electron chi connectivity index (χ2n) is 2.51. The lowest BCUT2D eigenvalue weighted by Gasteiger charge is -2.07. The maximum atomic E-state index is 9.38. The number of aryl methyl sites for hydroxylation is 1. The third-order valence-corrected chi connectivity index (χ3v) is 1.76. The van der Waals surface area contributed by atoms with Crippen LogP contribution in [0.25, 0.3) is 0 Å². The Morgan fingerprint density at radius 1 is 1.36 bits per heavy atom. The number of nitrogens with zero attached hydrogens (tertiary/aromatic N) is 1. The number of rotatable bonds is 2. The molecule has 1 heterocycles. The first-order valence-electron chi connectivity index (χ1n) is 3.74. The Morgan fingerprint density at radius 3 is 2.36 bits per heavy atom. The van der Waals surface area contributed by atoms with Gasteiger partial charge in [-0.1, -0.05) is 0 Å². The third-order valence-electron chi connectivity index (χ3n) is 1.76. The van der Waals surface area contributed by atoms with Crippen LogP contribution >= 0.6 is 11.9 Å². The lowest BCUT2D eigenvalue weighted by molar-refractivity contribution is 0.254. The predicted molar refractivity (Wildman–Crippen MR) is 49.0 cm³/mol. The summed E-state index contributed by atoms with van der Waals surface area (Å²) >= 11 is 3.39. The molecule has 0 fully saturated rings. The van der Waals surface area contributed by atoms with Crippen LogP contribution in [-0.2, 0) is 17.9 Å². The Bertz CT molecular complexity index is 293. The fraction of sp³-hybridized carbons (Fsp3) is 0.375. The van der Waals surface area contributed by atoms with Crippen molar-refractivity contribution in [1.82, 2.24) is 4.98 Å². The van der Waals surface area contributed by atoms with Crippen LogP contribution in [0.1, 0.15) is 16.8 Å². The number of hydrogen-bond acceptors (Lipinski definition) is 4. The van der Waals surface area contributed by atoms with Crippen LogP contribution in [0.5, 0.6) is 5.75 Å². The van der Waals surface area contributed by atoms with E-state index in [0.29, 0.717) is 16.8 Å². The van der Waals surface area contributed by atoms with Crippen LogP contribution in [0.15, 0.2) is 6.20 Å². The molecule has 79 valence electrons. The van der Waals surface area contributed by atoms with Gasteiger partial charge in [-0.05, 0) is 6.92 Å². The van der Waals surface area contributed by atoms with Gasteiger partial charge in [-0.3, -0.25) is 4.98 Å². The molecule has 0 saturated heterocycles. The molecule has 0 aliphatic rings. The van der Waals surface area contributed by atoms with Gasteiger partial charge in [-0.15, -0.1) is 4.66 Å². The largest absolute Gasteiger partial charge is 0.506 e. The van der Waals surface area contributed by atoms with Crippen LogP contribution in [0, 0.1) is 6.92 Å². The van der Waals surface area contributed by atoms with E-state index in [2.05, 4.69) is 16.9 Å². The lowest BCUT2D eigenvalue weighted by Crippen LogP contribution is -1.98. The minimum absolute atomic E-state index is 0.0379. The zero-order chi connectivity index (χ0) is 11.1. The predicted octanol–water partition coefficient (Wildman–Crippen LogP) is 0.651. The van der Waals surface area contributed by atoms with E-state index in [1.165, 1.54) is 6.20 Å². The normalized spacial score (nSPS) is 9.21. The molecule has 14 heavy (non-hydrogen) atoms. The number of pyridine rings is 1. The molecule has 0 aliphatic carbocycles. The van der Waals surface area contributed by atoms with Gasteiger partial charge >= 0.3 is 0 Å². The lowest BCUT2D eigenvalue weighted by atomic mass is 10.1. The number of aliphatic hydroxyl groups is 2. The van der Waals surface area contributed by atoms with Crippen molar-refractivity contribution < 1.29 is 20.0 Å². The summed E-state index contributed by atoms with van der Waals surface area (Å²) in [6.45, 7) is 1.12. The molecule has 0 bridgehead atoms. The number of aliphatic hydroxyl groups excluding tert-OH is 2. The molecule has 5 nitrogen and oxygen atoms in total. The average molecular weight is 221 g/mol. The van der Waals surface area contributed by atoms with Crippen LogP contribution in [0.4, 0.5) is 0 Å². The second-order valence-corrected chi connectivity index (χ2v) is 2.51. The number of aromatic nitrogens is 1. The summed E-state index contributed by atoms with van der Waals surface area (Å²) in [6.07, 6.45) is 1.45. The minimum Gasteiger partial charge on any atom is -0.506 e. The highest BCUT2D eigenvalue weighted by Crippen LogP contribution is 2.23. The van der Waals surface area contributed by atoms with E-state index in [-0.39, 0.29) is 19.0 Å². The van der Waals surface area contributed by atoms with E-state index in [4.69, 9.17) is 14.9 Å². The Labute approximate surface area is 86.4 Å². The molecule has 0 spiro atoms. The Hall–Kier alpha value is -0.880. The summed E-state index contributed by atoms with van der Waals surface area (Å²) in [7, 11) is 0. The number of halogens is 1. The van der Waals surface area contributed by atoms with Crippen LogP contribution in [0.2, 0.25) is 0 Å². The van der Waals surface area contributed by atoms with Crippen molar-refractivity contribution in [2.45, 2.75) is 20.1 Å². The molecule has 0 aromatic carbocycles. The quantitative estimate of drug-likeness (QED) is 0.682. The zero-order valence-electron chi connectivity index (χ0n) is 7.57. The molecule has 0 amide bonds. The standard InChI is InChI=1S/C8H11NO3.ClO/c1-5-8(12)7(4-11)6(3-10)2-9-5;1-2/h2,10-12H,3-4H2,1H3;. The van der Waals surface area contributed by atoms with Gasteiger partial charge < -0.3 is 15.3 Å². The highest BCUT2D eigenvalue weighted by atomic mass is 35.5. The second kappa shape index (κ2) is 6.56. The van der Waals surface area contributed by atoms with Crippen molar-refractivity contribution in [3.8, 4) is 5.75 Å². The van der Waals surface area contributed by atoms with Gasteiger partial charge in [0.25, 0.3) is 0 Å². The number of aromatic hydroxyl groups is 1. The monoisotopic (exact) mass is 220 g/mol. The van der Waals surface area contributed by atoms with Crippen molar-refractivity contribution in [3.05, 3.63) is 23.0 Å². The molecule has 3 N–H and O–H groups in total. The van der Waals surface area contributed by atoms with Crippen molar-refractivity contribution in [2.24, 2.45) is 0 Å². The first-order chi connectivity index (χ1) is 6.70. The average Bonchev–Trinajstić information content (AvgIpc) is 2.24. The zero-order valence-corrected chi connectivity index (χ0v) is 8.32. The smallest absolute Gasteiger partial charge is 0.142 e. The van der Waals surface area contributed by atoms with E-state index in [1.807, 2.05) is 0 Å². The van der Waals surface area contributed by atoms with E-state index in [1.54, 1.807) is 6.92 Å². The van der Waals surface area contributed by atoms with Gasteiger partial charge in [-0.2, -0.15) is 0 Å². The first kappa shape index (κ1) is 13.1.